The van der Waals surface area contributed by atoms with Crippen molar-refractivity contribution < 1.29 is 4.79 Å². The van der Waals surface area contributed by atoms with Crippen LogP contribution in [0.4, 0.5) is 5.69 Å². The first-order valence-electron chi connectivity index (χ1n) is 7.43. The molecule has 1 heterocycles. The first-order chi connectivity index (χ1) is 9.97. The zero-order valence-corrected chi connectivity index (χ0v) is 13.8. The molecule has 3 N–H and O–H groups in total. The van der Waals surface area contributed by atoms with Gasteiger partial charge in [-0.3, -0.25) is 4.79 Å². The Hall–Kier alpha value is -1.30. The number of thioether (sulfide) groups is 1. The van der Waals surface area contributed by atoms with Crippen LogP contribution in [0.5, 0.6) is 0 Å². The van der Waals surface area contributed by atoms with Crippen molar-refractivity contribution >= 4 is 23.4 Å². The van der Waals surface area contributed by atoms with Crippen molar-refractivity contribution in [2.45, 2.75) is 50.2 Å². The van der Waals surface area contributed by atoms with E-state index in [2.05, 4.69) is 21.5 Å². The first-order valence-corrected chi connectivity index (χ1v) is 8.66. The summed E-state index contributed by atoms with van der Waals surface area (Å²) in [5.74, 6) is 0.622. The maximum atomic E-state index is 12.4. The third-order valence-corrected chi connectivity index (χ3v) is 5.50. The van der Waals surface area contributed by atoms with E-state index in [1.165, 1.54) is 19.0 Å². The van der Waals surface area contributed by atoms with Gasteiger partial charge in [0.05, 0.1) is 11.9 Å². The predicted molar refractivity (Wildman–Crippen MR) is 87.6 cm³/mol. The number of hydrogen-bond donors (Lipinski definition) is 2. The van der Waals surface area contributed by atoms with E-state index in [0.29, 0.717) is 23.8 Å². The molecule has 1 aliphatic rings. The van der Waals surface area contributed by atoms with Gasteiger partial charge in [-0.1, -0.05) is 26.7 Å². The minimum atomic E-state index is -0.197. The smallest absolute Gasteiger partial charge is 0.272 e. The van der Waals surface area contributed by atoms with E-state index in [1.807, 2.05) is 25.6 Å². The Morgan fingerprint density at radius 3 is 2.71 bits per heavy atom. The highest BCUT2D eigenvalue weighted by molar-refractivity contribution is 8.00. The van der Waals surface area contributed by atoms with E-state index >= 15 is 0 Å². The summed E-state index contributed by atoms with van der Waals surface area (Å²) < 4.78 is 0.179. The number of nitrogen functional groups attached to an aromatic ring is 1. The zero-order valence-electron chi connectivity index (χ0n) is 13.0. The summed E-state index contributed by atoms with van der Waals surface area (Å²) in [6.07, 6.45) is 8.44. The van der Waals surface area contributed by atoms with Crippen LogP contribution in [-0.2, 0) is 0 Å². The van der Waals surface area contributed by atoms with E-state index in [9.17, 15) is 4.79 Å². The second kappa shape index (κ2) is 6.64. The number of nitrogens with two attached hydrogens (primary N) is 1. The minimum Gasteiger partial charge on any atom is -0.396 e. The monoisotopic (exact) mass is 308 g/mol. The molecule has 0 bridgehead atoms. The largest absolute Gasteiger partial charge is 0.396 e. The van der Waals surface area contributed by atoms with Crippen molar-refractivity contribution in [2.75, 3.05) is 18.5 Å². The van der Waals surface area contributed by atoms with Crippen LogP contribution in [0.15, 0.2) is 6.20 Å². The van der Waals surface area contributed by atoms with Gasteiger partial charge < -0.3 is 11.1 Å². The Bertz CT molecular complexity index is 512. The Labute approximate surface area is 130 Å². The lowest BCUT2D eigenvalue weighted by molar-refractivity contribution is 0.0945. The van der Waals surface area contributed by atoms with Crippen LogP contribution < -0.4 is 11.1 Å². The van der Waals surface area contributed by atoms with E-state index < -0.39 is 0 Å². The fraction of sp³-hybridized carbons (Fsp3) is 0.667. The molecule has 0 aromatic carbocycles. The minimum absolute atomic E-state index is 0.171. The number of hydrogen-bond acceptors (Lipinski definition) is 5. The number of aromatic nitrogens is 2. The summed E-state index contributed by atoms with van der Waals surface area (Å²) in [6, 6.07) is 0. The maximum Gasteiger partial charge on any atom is 0.272 e. The van der Waals surface area contributed by atoms with Crippen LogP contribution in [0, 0.1) is 0 Å². The van der Waals surface area contributed by atoms with Gasteiger partial charge in [0.1, 0.15) is 5.82 Å². The number of nitrogens with zero attached hydrogens (tertiary/aromatic N) is 2. The van der Waals surface area contributed by atoms with Crippen LogP contribution in [0.2, 0.25) is 0 Å². The summed E-state index contributed by atoms with van der Waals surface area (Å²) in [6.45, 7) is 4.66. The molecular weight excluding hydrogens is 284 g/mol. The number of rotatable bonds is 5. The number of carbonyl (C=O) groups excluding carboxylic acids is 1. The highest BCUT2D eigenvalue weighted by Gasteiger charge is 2.33. The second-order valence-corrected chi connectivity index (χ2v) is 7.24. The third-order valence-electron chi connectivity index (χ3n) is 4.09. The van der Waals surface area contributed by atoms with Crippen molar-refractivity contribution in [3.05, 3.63) is 17.7 Å². The second-order valence-electron chi connectivity index (χ2n) is 5.96. The fourth-order valence-electron chi connectivity index (χ4n) is 2.66. The van der Waals surface area contributed by atoms with E-state index in [-0.39, 0.29) is 16.6 Å². The number of amides is 1. The first kappa shape index (κ1) is 16.1. The molecule has 0 unspecified atom stereocenters. The summed E-state index contributed by atoms with van der Waals surface area (Å²) in [7, 11) is 0. The molecule has 0 spiro atoms. The average molecular weight is 308 g/mol. The van der Waals surface area contributed by atoms with Gasteiger partial charge in [0.2, 0.25) is 0 Å². The van der Waals surface area contributed by atoms with Crippen molar-refractivity contribution in [1.82, 2.24) is 15.3 Å². The molecule has 0 radical (unpaired) electrons. The lowest BCUT2D eigenvalue weighted by Gasteiger charge is -2.26. The van der Waals surface area contributed by atoms with Crippen LogP contribution in [-0.4, -0.2) is 33.4 Å². The fourth-order valence-corrected chi connectivity index (χ4v) is 3.58. The molecule has 0 atom stereocenters. The van der Waals surface area contributed by atoms with Gasteiger partial charge >= 0.3 is 0 Å². The van der Waals surface area contributed by atoms with Crippen molar-refractivity contribution in [2.24, 2.45) is 0 Å². The lowest BCUT2D eigenvalue weighted by Crippen LogP contribution is -2.39. The summed E-state index contributed by atoms with van der Waals surface area (Å²) in [5, 5.41) is 3.01. The Kier molecular flexibility index (Phi) is 5.08. The molecule has 116 valence electrons. The van der Waals surface area contributed by atoms with Gasteiger partial charge in [-0.25, -0.2) is 9.97 Å². The molecule has 5 nitrogen and oxygen atoms in total. The van der Waals surface area contributed by atoms with Gasteiger partial charge in [0, 0.05) is 17.2 Å². The quantitative estimate of drug-likeness (QED) is 0.874. The Balaban J connectivity index is 2.08. The molecule has 1 aliphatic carbocycles. The van der Waals surface area contributed by atoms with Gasteiger partial charge in [0.25, 0.3) is 5.91 Å². The van der Waals surface area contributed by atoms with Crippen LogP contribution >= 0.6 is 11.8 Å². The van der Waals surface area contributed by atoms with E-state index in [1.54, 1.807) is 0 Å². The van der Waals surface area contributed by atoms with Crippen molar-refractivity contribution in [1.29, 1.82) is 0 Å². The molecule has 1 amide bonds. The van der Waals surface area contributed by atoms with E-state index in [4.69, 9.17) is 5.73 Å². The predicted octanol–water partition coefficient (Wildman–Crippen LogP) is 2.59. The topological polar surface area (TPSA) is 80.9 Å². The molecule has 21 heavy (non-hydrogen) atoms. The Morgan fingerprint density at radius 2 is 2.14 bits per heavy atom. The van der Waals surface area contributed by atoms with Crippen LogP contribution in [0.3, 0.4) is 0 Å². The molecule has 0 aliphatic heterocycles. The molecular formula is C15H24N4OS. The summed E-state index contributed by atoms with van der Waals surface area (Å²) in [4.78, 5) is 20.8. The van der Waals surface area contributed by atoms with Gasteiger partial charge in [-0.2, -0.15) is 11.8 Å². The van der Waals surface area contributed by atoms with Gasteiger partial charge in [-0.05, 0) is 19.1 Å². The zero-order chi connectivity index (χ0) is 15.5. The molecule has 1 saturated carbocycles. The highest BCUT2D eigenvalue weighted by atomic mass is 32.2. The molecule has 1 aromatic heterocycles. The normalized spacial score (nSPS) is 17.1. The SMILES string of the molecule is CSC1(CNC(=O)c2nc(C(C)C)ncc2N)CCCC1. The average Bonchev–Trinajstić information content (AvgIpc) is 2.94. The number of nitrogens with one attached hydrogen (secondary N) is 1. The summed E-state index contributed by atoms with van der Waals surface area (Å²) >= 11 is 1.85. The van der Waals surface area contributed by atoms with Crippen molar-refractivity contribution in [3.8, 4) is 0 Å². The molecule has 2 rings (SSSR count). The third kappa shape index (κ3) is 3.67. The Morgan fingerprint density at radius 1 is 1.48 bits per heavy atom. The van der Waals surface area contributed by atoms with Gasteiger partial charge in [-0.15, -0.1) is 0 Å². The molecule has 1 aromatic rings. The number of carbonyl (C=O) groups is 1. The maximum absolute atomic E-state index is 12.4. The lowest BCUT2D eigenvalue weighted by atomic mass is 10.1. The highest BCUT2D eigenvalue weighted by Crippen LogP contribution is 2.39. The van der Waals surface area contributed by atoms with Crippen LogP contribution in [0.1, 0.15) is 61.8 Å². The molecule has 1 fully saturated rings. The van der Waals surface area contributed by atoms with Crippen LogP contribution in [0.25, 0.3) is 0 Å². The summed E-state index contributed by atoms with van der Waals surface area (Å²) in [5.41, 5.74) is 6.48. The molecule has 0 saturated heterocycles. The van der Waals surface area contributed by atoms with Gasteiger partial charge in [0.15, 0.2) is 5.69 Å². The van der Waals surface area contributed by atoms with Crippen molar-refractivity contribution in [3.63, 3.8) is 0 Å². The number of anilines is 1. The molecule has 6 heteroatoms. The standard InChI is InChI=1S/C15H24N4OS/c1-10(2)13-17-8-11(16)12(19-13)14(20)18-9-15(21-3)6-4-5-7-15/h8,10H,4-7,9,16H2,1-3H3,(H,18,20). The van der Waals surface area contributed by atoms with E-state index in [0.717, 1.165) is 12.8 Å².